The number of rotatable bonds is 2. The molecule has 2 aliphatic heterocycles. The second-order valence-corrected chi connectivity index (χ2v) is 10.1. The van der Waals surface area contributed by atoms with Gasteiger partial charge in [-0.05, 0) is 50.6 Å². The van der Waals surface area contributed by atoms with E-state index < -0.39 is 22.9 Å². The number of anilines is 1. The second kappa shape index (κ2) is 9.04. The molecule has 2 heterocycles. The molecule has 5 nitrogen and oxygen atoms in total. The van der Waals surface area contributed by atoms with Crippen LogP contribution in [0.1, 0.15) is 51.2 Å². The maximum Gasteiger partial charge on any atom is 0.416 e. The average Bonchev–Trinajstić information content (AvgIpc) is 2.90. The lowest BCUT2D eigenvalue weighted by atomic mass is 9.88. The summed E-state index contributed by atoms with van der Waals surface area (Å²) in [5.41, 5.74) is -0.160. The second-order valence-electron chi connectivity index (χ2n) is 10.1. The quantitative estimate of drug-likeness (QED) is 0.513. The van der Waals surface area contributed by atoms with Crippen molar-refractivity contribution in [3.63, 3.8) is 0 Å². The topological polar surface area (TPSA) is 42.0 Å². The van der Waals surface area contributed by atoms with Crippen LogP contribution in [0.2, 0.25) is 0 Å². The normalized spacial score (nSPS) is 18.2. The summed E-state index contributed by atoms with van der Waals surface area (Å²) >= 11 is 0. The maximum absolute atomic E-state index is 13.2. The van der Waals surface area contributed by atoms with Crippen LogP contribution in [0.3, 0.4) is 0 Å². The maximum atomic E-state index is 13.2. The van der Waals surface area contributed by atoms with Gasteiger partial charge in [-0.2, -0.15) is 13.2 Å². The number of hydrogen-bond donors (Lipinski definition) is 0. The molecule has 1 amide bonds. The van der Waals surface area contributed by atoms with Gasteiger partial charge in [0.1, 0.15) is 17.0 Å². The van der Waals surface area contributed by atoms with Crippen molar-refractivity contribution < 1.29 is 27.4 Å². The molecule has 0 aromatic heterocycles. The summed E-state index contributed by atoms with van der Waals surface area (Å²) in [7, 11) is 0. The van der Waals surface area contributed by atoms with E-state index in [1.807, 2.05) is 45.0 Å². The minimum atomic E-state index is -4.37. The van der Waals surface area contributed by atoms with Crippen LogP contribution in [0, 0.1) is 0 Å². The Kier molecular flexibility index (Phi) is 6.44. The lowest BCUT2D eigenvalue weighted by molar-refractivity contribution is -0.137. The van der Waals surface area contributed by atoms with Crippen LogP contribution in [0.4, 0.5) is 23.7 Å². The Morgan fingerprint density at radius 3 is 2.35 bits per heavy atom. The number of nitrogens with zero attached hydrogens (tertiary/aromatic N) is 2. The van der Waals surface area contributed by atoms with Crippen LogP contribution in [0.25, 0.3) is 0 Å². The van der Waals surface area contributed by atoms with Gasteiger partial charge in [0.05, 0.1) is 11.3 Å². The highest BCUT2D eigenvalue weighted by Crippen LogP contribution is 2.41. The van der Waals surface area contributed by atoms with Crippen molar-refractivity contribution in [1.82, 2.24) is 4.90 Å². The highest BCUT2D eigenvalue weighted by atomic mass is 19.4. The molecule has 1 spiro atoms. The summed E-state index contributed by atoms with van der Waals surface area (Å²) in [4.78, 5) is 16.3. The summed E-state index contributed by atoms with van der Waals surface area (Å²) < 4.78 is 51.7. The third-order valence-corrected chi connectivity index (χ3v) is 6.32. The SMILES string of the molecule is CC(C)(C)OC(=O)N1CCC2(CC1)CCN(Cc1cccc(C(F)(F)F)c1)c1ccccc1O2. The average molecular weight is 477 g/mol. The van der Waals surface area contributed by atoms with Crippen molar-refractivity contribution in [3.05, 3.63) is 59.7 Å². The minimum absolute atomic E-state index is 0.317. The monoisotopic (exact) mass is 476 g/mol. The van der Waals surface area contributed by atoms with E-state index in [2.05, 4.69) is 4.90 Å². The predicted molar refractivity (Wildman–Crippen MR) is 124 cm³/mol. The number of likely N-dealkylation sites (tertiary alicyclic amines) is 1. The molecule has 34 heavy (non-hydrogen) atoms. The number of halogens is 3. The summed E-state index contributed by atoms with van der Waals surface area (Å²) in [6.07, 6.45) is -2.65. The number of piperidine rings is 1. The van der Waals surface area contributed by atoms with E-state index in [-0.39, 0.29) is 6.09 Å². The molecule has 0 bridgehead atoms. The molecule has 2 aromatic rings. The number of hydrogen-bond acceptors (Lipinski definition) is 4. The molecule has 8 heteroatoms. The first-order valence-electron chi connectivity index (χ1n) is 11.6. The molecule has 0 N–H and O–H groups in total. The van der Waals surface area contributed by atoms with Gasteiger partial charge < -0.3 is 19.3 Å². The van der Waals surface area contributed by atoms with Gasteiger partial charge in [0.25, 0.3) is 0 Å². The Bertz CT molecular complexity index is 1020. The van der Waals surface area contributed by atoms with Gasteiger partial charge >= 0.3 is 12.3 Å². The first kappa shape index (κ1) is 24.2. The number of alkyl halides is 3. The summed E-state index contributed by atoms with van der Waals surface area (Å²) in [5.74, 6) is 0.720. The number of para-hydroxylation sites is 2. The number of carbonyl (C=O) groups excluding carboxylic acids is 1. The highest BCUT2D eigenvalue weighted by Gasteiger charge is 2.41. The van der Waals surface area contributed by atoms with Crippen LogP contribution < -0.4 is 9.64 Å². The summed E-state index contributed by atoms with van der Waals surface area (Å²) in [6, 6.07) is 13.1. The molecule has 184 valence electrons. The molecular formula is C26H31F3N2O3. The number of amides is 1. The summed E-state index contributed by atoms with van der Waals surface area (Å²) in [5, 5.41) is 0. The minimum Gasteiger partial charge on any atom is -0.485 e. The van der Waals surface area contributed by atoms with Crippen molar-refractivity contribution in [1.29, 1.82) is 0 Å². The lowest BCUT2D eigenvalue weighted by Crippen LogP contribution is -2.51. The fraction of sp³-hybridized carbons (Fsp3) is 0.500. The van der Waals surface area contributed by atoms with Crippen LogP contribution in [-0.2, 0) is 17.5 Å². The van der Waals surface area contributed by atoms with E-state index >= 15 is 0 Å². The van der Waals surface area contributed by atoms with E-state index in [0.717, 1.165) is 17.5 Å². The third kappa shape index (κ3) is 5.59. The van der Waals surface area contributed by atoms with Crippen LogP contribution >= 0.6 is 0 Å². The summed E-state index contributed by atoms with van der Waals surface area (Å²) in [6.45, 7) is 7.60. The largest absolute Gasteiger partial charge is 0.485 e. The zero-order valence-electron chi connectivity index (χ0n) is 19.8. The van der Waals surface area contributed by atoms with Crippen LogP contribution in [0.15, 0.2) is 48.5 Å². The van der Waals surface area contributed by atoms with E-state index in [0.29, 0.717) is 51.0 Å². The number of fused-ring (bicyclic) bond motifs is 1. The van der Waals surface area contributed by atoms with Gasteiger partial charge in [0.2, 0.25) is 0 Å². The fourth-order valence-corrected chi connectivity index (χ4v) is 4.55. The molecule has 0 saturated carbocycles. The highest BCUT2D eigenvalue weighted by molar-refractivity contribution is 5.68. The first-order valence-corrected chi connectivity index (χ1v) is 11.6. The molecule has 0 atom stereocenters. The van der Waals surface area contributed by atoms with Gasteiger partial charge in [-0.25, -0.2) is 4.79 Å². The Morgan fingerprint density at radius 1 is 1.00 bits per heavy atom. The molecule has 0 aliphatic carbocycles. The Morgan fingerprint density at radius 2 is 1.68 bits per heavy atom. The molecule has 0 radical (unpaired) electrons. The molecule has 4 rings (SSSR count). The van der Waals surface area contributed by atoms with E-state index in [1.165, 1.54) is 12.1 Å². The molecule has 2 aromatic carbocycles. The van der Waals surface area contributed by atoms with Crippen LogP contribution in [-0.4, -0.2) is 41.8 Å². The molecule has 1 fully saturated rings. The first-order chi connectivity index (χ1) is 15.9. The van der Waals surface area contributed by atoms with Crippen LogP contribution in [0.5, 0.6) is 5.75 Å². The number of benzene rings is 2. The Balaban J connectivity index is 1.50. The van der Waals surface area contributed by atoms with Gasteiger partial charge in [0, 0.05) is 45.4 Å². The van der Waals surface area contributed by atoms with Gasteiger partial charge in [-0.1, -0.05) is 24.3 Å². The number of carbonyl (C=O) groups is 1. The van der Waals surface area contributed by atoms with Crippen molar-refractivity contribution in [2.45, 2.75) is 64.0 Å². The molecule has 1 saturated heterocycles. The zero-order chi connectivity index (χ0) is 24.6. The fourth-order valence-electron chi connectivity index (χ4n) is 4.55. The van der Waals surface area contributed by atoms with Gasteiger partial charge in [0.15, 0.2) is 0 Å². The van der Waals surface area contributed by atoms with E-state index in [4.69, 9.17) is 9.47 Å². The third-order valence-electron chi connectivity index (χ3n) is 6.32. The van der Waals surface area contributed by atoms with Gasteiger partial charge in [-0.15, -0.1) is 0 Å². The smallest absolute Gasteiger partial charge is 0.416 e. The standard InChI is InChI=1S/C26H31F3N2O3/c1-24(2,3)34-23(32)30-14-11-25(12-15-30)13-16-31(21-9-4-5-10-22(21)33-25)18-19-7-6-8-20(17-19)26(27,28)29/h4-10,17H,11-16,18H2,1-3H3. The van der Waals surface area contributed by atoms with Gasteiger partial charge in [-0.3, -0.25) is 0 Å². The van der Waals surface area contributed by atoms with E-state index in [9.17, 15) is 18.0 Å². The van der Waals surface area contributed by atoms with Crippen molar-refractivity contribution >= 4 is 11.8 Å². The molecular weight excluding hydrogens is 445 g/mol. The van der Waals surface area contributed by atoms with Crippen molar-refractivity contribution in [2.24, 2.45) is 0 Å². The predicted octanol–water partition coefficient (Wildman–Crippen LogP) is 6.26. The Hall–Kier alpha value is -2.90. The zero-order valence-corrected chi connectivity index (χ0v) is 19.8. The molecule has 2 aliphatic rings. The van der Waals surface area contributed by atoms with E-state index in [1.54, 1.807) is 11.0 Å². The van der Waals surface area contributed by atoms with Crippen molar-refractivity contribution in [3.8, 4) is 5.75 Å². The lowest BCUT2D eigenvalue weighted by Gasteiger charge is -2.41. The number of ether oxygens (including phenoxy) is 2. The molecule has 0 unspecified atom stereocenters. The van der Waals surface area contributed by atoms with Crippen molar-refractivity contribution in [2.75, 3.05) is 24.5 Å². The Labute approximate surface area is 198 Å².